The van der Waals surface area contributed by atoms with Gasteiger partial charge in [0.05, 0.1) is 157 Å². The normalized spacial score (nSPS) is 11.7. The molecule has 0 saturated heterocycles. The van der Waals surface area contributed by atoms with Gasteiger partial charge >= 0.3 is 5.97 Å². The molecule has 0 saturated carbocycles. The number of aryl methyl sites for hydroxylation is 1. The Labute approximate surface area is 285 Å². The average Bonchev–Trinajstić information content (AvgIpc) is 3.07. The third-order valence-corrected chi connectivity index (χ3v) is 7.21. The molecule has 0 bridgehead atoms. The van der Waals surface area contributed by atoms with Crippen LogP contribution in [0.1, 0.15) is 18.9 Å². The number of rotatable bonds is 36. The SMILES string of the molecule is CCOC(=O)CCOCCOCCOCCOCCOCCOCCOCCOCCOCCOCCOS(=O)(=O)c1ccc(C)cc1. The van der Waals surface area contributed by atoms with Gasteiger partial charge in [-0.15, -0.1) is 0 Å². The Hall–Kier alpha value is -1.80. The van der Waals surface area contributed by atoms with E-state index in [-0.39, 0.29) is 30.5 Å². The van der Waals surface area contributed by atoms with Gasteiger partial charge in [0.15, 0.2) is 0 Å². The molecule has 48 heavy (non-hydrogen) atoms. The molecule has 1 aromatic carbocycles. The van der Waals surface area contributed by atoms with Crippen LogP contribution in [0, 0.1) is 6.92 Å². The predicted octanol–water partition coefficient (Wildman–Crippen LogP) is 1.82. The molecule has 0 N–H and O–H groups in total. The van der Waals surface area contributed by atoms with Gasteiger partial charge in [-0.3, -0.25) is 8.98 Å². The Morgan fingerprint density at radius 3 is 1.08 bits per heavy atom. The summed E-state index contributed by atoms with van der Waals surface area (Å²) in [6.07, 6.45) is 0.248. The molecule has 16 heteroatoms. The number of carbonyl (C=O) groups excluding carboxylic acids is 1. The fourth-order valence-electron chi connectivity index (χ4n) is 3.45. The molecule has 0 spiro atoms. The van der Waals surface area contributed by atoms with E-state index in [0.29, 0.717) is 132 Å². The van der Waals surface area contributed by atoms with E-state index in [4.69, 9.17) is 56.3 Å². The van der Waals surface area contributed by atoms with Gasteiger partial charge in [-0.25, -0.2) is 0 Å². The maximum absolute atomic E-state index is 12.1. The van der Waals surface area contributed by atoms with Gasteiger partial charge in [0.25, 0.3) is 10.1 Å². The molecule has 0 aromatic heterocycles. The topological polar surface area (TPSA) is 162 Å². The number of hydrogen-bond acceptors (Lipinski definition) is 15. The zero-order valence-electron chi connectivity index (χ0n) is 28.6. The molecule has 0 radical (unpaired) electrons. The van der Waals surface area contributed by atoms with Crippen LogP contribution in [0.4, 0.5) is 0 Å². The molecule has 0 amide bonds. The third-order valence-electron chi connectivity index (χ3n) is 5.88. The van der Waals surface area contributed by atoms with Crippen molar-refractivity contribution in [2.24, 2.45) is 0 Å². The fraction of sp³-hybridized carbons (Fsp3) is 0.781. The summed E-state index contributed by atoms with van der Waals surface area (Å²) >= 11 is 0. The summed E-state index contributed by atoms with van der Waals surface area (Å²) in [5.74, 6) is -0.258. The van der Waals surface area contributed by atoms with Crippen LogP contribution >= 0.6 is 0 Å². The van der Waals surface area contributed by atoms with Gasteiger partial charge < -0.3 is 52.1 Å². The van der Waals surface area contributed by atoms with Gasteiger partial charge in [0.2, 0.25) is 0 Å². The summed E-state index contributed by atoms with van der Waals surface area (Å²) in [6, 6.07) is 6.47. The largest absolute Gasteiger partial charge is 0.466 e. The molecule has 1 aromatic rings. The van der Waals surface area contributed by atoms with Crippen molar-refractivity contribution in [3.05, 3.63) is 29.8 Å². The second kappa shape index (κ2) is 32.4. The standard InChI is InChI=1S/C32H56O15S/c1-3-46-32(33)8-9-36-10-11-37-12-13-38-14-15-39-16-17-40-18-19-41-20-21-42-22-23-43-24-25-44-26-27-45-28-29-47-48(34,35)31-6-4-30(2)5-7-31/h4-7H,3,8-29H2,1-2H3. The average molecular weight is 713 g/mol. The highest BCUT2D eigenvalue weighted by molar-refractivity contribution is 7.86. The van der Waals surface area contributed by atoms with Crippen molar-refractivity contribution < 1.29 is 69.5 Å². The molecule has 0 heterocycles. The van der Waals surface area contributed by atoms with Crippen LogP contribution < -0.4 is 0 Å². The Morgan fingerprint density at radius 1 is 0.479 bits per heavy atom. The van der Waals surface area contributed by atoms with Crippen molar-refractivity contribution in [1.82, 2.24) is 0 Å². The number of esters is 1. The third kappa shape index (κ3) is 28.1. The lowest BCUT2D eigenvalue weighted by Gasteiger charge is -2.09. The van der Waals surface area contributed by atoms with Gasteiger partial charge in [0.1, 0.15) is 0 Å². The highest BCUT2D eigenvalue weighted by Gasteiger charge is 2.14. The van der Waals surface area contributed by atoms with Crippen molar-refractivity contribution in [3.63, 3.8) is 0 Å². The molecule has 0 aliphatic carbocycles. The first-order valence-corrected chi connectivity index (χ1v) is 17.8. The van der Waals surface area contributed by atoms with Crippen LogP contribution in [0.15, 0.2) is 29.2 Å². The van der Waals surface area contributed by atoms with Crippen molar-refractivity contribution in [1.29, 1.82) is 0 Å². The smallest absolute Gasteiger partial charge is 0.308 e. The Morgan fingerprint density at radius 2 is 0.771 bits per heavy atom. The molecular weight excluding hydrogens is 656 g/mol. The lowest BCUT2D eigenvalue weighted by molar-refractivity contribution is -0.144. The summed E-state index contributed by atoms with van der Waals surface area (Å²) < 4.78 is 88.0. The van der Waals surface area contributed by atoms with E-state index in [1.54, 1.807) is 19.1 Å². The predicted molar refractivity (Wildman–Crippen MR) is 174 cm³/mol. The molecule has 0 fully saturated rings. The minimum absolute atomic E-state index is 0.0635. The van der Waals surface area contributed by atoms with E-state index in [2.05, 4.69) is 0 Å². The van der Waals surface area contributed by atoms with Crippen molar-refractivity contribution in [2.75, 3.05) is 145 Å². The van der Waals surface area contributed by atoms with Crippen LogP contribution in [0.25, 0.3) is 0 Å². The maximum atomic E-state index is 12.1. The van der Waals surface area contributed by atoms with Crippen molar-refractivity contribution >= 4 is 16.1 Å². The van der Waals surface area contributed by atoms with Crippen LogP contribution in [-0.4, -0.2) is 160 Å². The van der Waals surface area contributed by atoms with E-state index in [1.807, 2.05) is 6.92 Å². The molecule has 1 rings (SSSR count). The zero-order chi connectivity index (χ0) is 34.8. The Kier molecular flexibility index (Phi) is 29.9. The summed E-state index contributed by atoms with van der Waals surface area (Å²) in [4.78, 5) is 11.3. The summed E-state index contributed by atoms with van der Waals surface area (Å²) in [7, 11) is -3.78. The van der Waals surface area contributed by atoms with E-state index in [9.17, 15) is 13.2 Å². The molecule has 0 atom stereocenters. The first kappa shape index (κ1) is 44.2. The monoisotopic (exact) mass is 712 g/mol. The van der Waals surface area contributed by atoms with Crippen molar-refractivity contribution in [3.8, 4) is 0 Å². The fourth-order valence-corrected chi connectivity index (χ4v) is 4.34. The molecule has 0 aliphatic rings. The van der Waals surface area contributed by atoms with Gasteiger partial charge in [0, 0.05) is 0 Å². The quantitative estimate of drug-likeness (QED) is 0.0562. The highest BCUT2D eigenvalue weighted by atomic mass is 32.2. The summed E-state index contributed by atoms with van der Waals surface area (Å²) in [5.41, 5.74) is 0.972. The number of ether oxygens (including phenoxy) is 11. The van der Waals surface area contributed by atoms with Crippen LogP contribution in [0.2, 0.25) is 0 Å². The summed E-state index contributed by atoms with van der Waals surface area (Å²) in [6.45, 7) is 12.5. The summed E-state index contributed by atoms with van der Waals surface area (Å²) in [5, 5.41) is 0. The number of hydrogen-bond donors (Lipinski definition) is 0. The Bertz CT molecular complexity index is 963. The zero-order valence-corrected chi connectivity index (χ0v) is 29.4. The minimum Gasteiger partial charge on any atom is -0.466 e. The Balaban J connectivity index is 1.68. The van der Waals surface area contributed by atoms with Crippen LogP contribution in [0.3, 0.4) is 0 Å². The molecule has 0 aliphatic heterocycles. The van der Waals surface area contributed by atoms with Crippen LogP contribution in [-0.2, 0) is 71.2 Å². The van der Waals surface area contributed by atoms with Gasteiger partial charge in [-0.1, -0.05) is 17.7 Å². The maximum Gasteiger partial charge on any atom is 0.308 e. The first-order chi connectivity index (χ1) is 23.5. The number of carbonyl (C=O) groups is 1. The van der Waals surface area contributed by atoms with Gasteiger partial charge in [-0.2, -0.15) is 8.42 Å². The van der Waals surface area contributed by atoms with Gasteiger partial charge in [-0.05, 0) is 26.0 Å². The van der Waals surface area contributed by atoms with Crippen LogP contribution in [0.5, 0.6) is 0 Å². The van der Waals surface area contributed by atoms with E-state index >= 15 is 0 Å². The molecule has 0 unspecified atom stereocenters. The number of benzene rings is 1. The molecular formula is C32H56O15S. The minimum atomic E-state index is -3.78. The van der Waals surface area contributed by atoms with Crippen molar-refractivity contribution in [2.45, 2.75) is 25.2 Å². The second-order valence-corrected chi connectivity index (χ2v) is 11.4. The molecule has 280 valence electrons. The van der Waals surface area contributed by atoms with E-state index in [1.165, 1.54) is 12.1 Å². The lowest BCUT2D eigenvalue weighted by atomic mass is 10.2. The molecule has 15 nitrogen and oxygen atoms in total. The lowest BCUT2D eigenvalue weighted by Crippen LogP contribution is -2.16. The van der Waals surface area contributed by atoms with E-state index in [0.717, 1.165) is 5.56 Å². The highest BCUT2D eigenvalue weighted by Crippen LogP contribution is 2.12. The second-order valence-electron chi connectivity index (χ2n) is 9.77. The van der Waals surface area contributed by atoms with E-state index < -0.39 is 10.1 Å². The first-order valence-electron chi connectivity index (χ1n) is 16.3.